The number of hydrogen-bond donors (Lipinski definition) is 2. The van der Waals surface area contributed by atoms with Crippen LogP contribution in [0.25, 0.3) is 11.3 Å². The molecule has 4 heteroatoms. The number of aliphatic hydroxyl groups excluding tert-OH is 1. The van der Waals surface area contributed by atoms with Crippen LogP contribution in [-0.4, -0.2) is 33.9 Å². The van der Waals surface area contributed by atoms with Crippen molar-refractivity contribution in [3.63, 3.8) is 0 Å². The van der Waals surface area contributed by atoms with Crippen molar-refractivity contribution in [2.75, 3.05) is 13.1 Å². The Kier molecular flexibility index (Phi) is 2.47. The van der Waals surface area contributed by atoms with Gasteiger partial charge >= 0.3 is 0 Å². The molecule has 2 aromatic rings. The lowest BCUT2D eigenvalue weighted by molar-refractivity contribution is 0.0597. The van der Waals surface area contributed by atoms with Crippen molar-refractivity contribution in [3.8, 4) is 11.3 Å². The van der Waals surface area contributed by atoms with E-state index in [1.807, 2.05) is 12.5 Å². The molecule has 1 aromatic heterocycles. The van der Waals surface area contributed by atoms with E-state index in [0.29, 0.717) is 0 Å². The van der Waals surface area contributed by atoms with E-state index in [1.54, 1.807) is 0 Å². The highest BCUT2D eigenvalue weighted by Crippen LogP contribution is 2.44. The number of fused-ring (bicyclic) bond motifs is 3. The van der Waals surface area contributed by atoms with Gasteiger partial charge in [-0.2, -0.15) is 0 Å². The van der Waals surface area contributed by atoms with Crippen LogP contribution in [0.1, 0.15) is 18.0 Å². The van der Waals surface area contributed by atoms with Gasteiger partial charge in [0.2, 0.25) is 0 Å². The maximum Gasteiger partial charge on any atom is 0.0956 e. The largest absolute Gasteiger partial charge is 0.393 e. The predicted molar refractivity (Wildman–Crippen MR) is 72.8 cm³/mol. The van der Waals surface area contributed by atoms with Crippen LogP contribution in [0.5, 0.6) is 0 Å². The highest BCUT2D eigenvalue weighted by atomic mass is 16.3. The summed E-state index contributed by atoms with van der Waals surface area (Å²) in [4.78, 5) is 4.27. The Morgan fingerprint density at radius 1 is 1.32 bits per heavy atom. The molecule has 3 unspecified atom stereocenters. The summed E-state index contributed by atoms with van der Waals surface area (Å²) < 4.78 is 2.21. The molecule has 0 amide bonds. The first kappa shape index (κ1) is 11.2. The normalized spacial score (nSPS) is 29.0. The number of aliphatic hydroxyl groups is 1. The summed E-state index contributed by atoms with van der Waals surface area (Å²) in [6.45, 7) is 1.76. The minimum absolute atomic E-state index is 0.205. The van der Waals surface area contributed by atoms with E-state index >= 15 is 0 Å². The van der Waals surface area contributed by atoms with E-state index in [9.17, 15) is 5.11 Å². The average Bonchev–Trinajstić information content (AvgIpc) is 3.00. The van der Waals surface area contributed by atoms with Gasteiger partial charge in [0, 0.05) is 18.0 Å². The zero-order valence-electron chi connectivity index (χ0n) is 10.7. The lowest BCUT2D eigenvalue weighted by Crippen LogP contribution is -2.43. The van der Waals surface area contributed by atoms with Gasteiger partial charge in [0.05, 0.1) is 30.4 Å². The first-order valence-corrected chi connectivity index (χ1v) is 6.86. The van der Waals surface area contributed by atoms with E-state index in [0.717, 1.165) is 19.5 Å². The molecule has 19 heavy (non-hydrogen) atoms. The van der Waals surface area contributed by atoms with Gasteiger partial charge in [0.25, 0.3) is 0 Å². The molecule has 0 bridgehead atoms. The van der Waals surface area contributed by atoms with Gasteiger partial charge in [-0.15, -0.1) is 0 Å². The second-order valence-electron chi connectivity index (χ2n) is 5.44. The van der Waals surface area contributed by atoms with Crippen LogP contribution in [0, 0.1) is 5.92 Å². The summed E-state index contributed by atoms with van der Waals surface area (Å²) in [5.41, 5.74) is 3.73. The molecule has 1 aromatic carbocycles. The van der Waals surface area contributed by atoms with Crippen LogP contribution < -0.4 is 5.32 Å². The second-order valence-corrected chi connectivity index (χ2v) is 5.44. The van der Waals surface area contributed by atoms with Crippen molar-refractivity contribution in [1.29, 1.82) is 0 Å². The van der Waals surface area contributed by atoms with Crippen molar-refractivity contribution in [1.82, 2.24) is 14.9 Å². The van der Waals surface area contributed by atoms with Crippen LogP contribution in [0.3, 0.4) is 0 Å². The average molecular weight is 255 g/mol. The number of nitrogens with zero attached hydrogens (tertiary/aromatic N) is 2. The zero-order chi connectivity index (χ0) is 12.8. The van der Waals surface area contributed by atoms with E-state index in [2.05, 4.69) is 39.1 Å². The quantitative estimate of drug-likeness (QED) is 0.810. The number of piperidine rings is 1. The molecular formula is C15H17N3O. The van der Waals surface area contributed by atoms with Crippen molar-refractivity contribution in [3.05, 3.63) is 42.4 Å². The fourth-order valence-corrected chi connectivity index (χ4v) is 3.50. The zero-order valence-corrected chi connectivity index (χ0v) is 10.7. The van der Waals surface area contributed by atoms with Crippen LogP contribution in [-0.2, 0) is 0 Å². The molecule has 3 atom stereocenters. The third-order valence-corrected chi connectivity index (χ3v) is 4.42. The van der Waals surface area contributed by atoms with Gasteiger partial charge in [-0.25, -0.2) is 4.98 Å². The van der Waals surface area contributed by atoms with E-state index in [4.69, 9.17) is 0 Å². The number of benzene rings is 1. The lowest BCUT2D eigenvalue weighted by Gasteiger charge is -2.34. The van der Waals surface area contributed by atoms with Crippen molar-refractivity contribution in [2.45, 2.75) is 18.6 Å². The highest BCUT2D eigenvalue weighted by Gasteiger charge is 2.38. The number of rotatable bonds is 1. The first-order valence-electron chi connectivity index (χ1n) is 6.86. The lowest BCUT2D eigenvalue weighted by atomic mass is 9.85. The molecule has 2 aliphatic rings. The smallest absolute Gasteiger partial charge is 0.0956 e. The Balaban J connectivity index is 1.84. The summed E-state index contributed by atoms with van der Waals surface area (Å²) in [7, 11) is 0. The van der Waals surface area contributed by atoms with Gasteiger partial charge in [-0.1, -0.05) is 24.3 Å². The Hall–Kier alpha value is -1.65. The molecule has 1 fully saturated rings. The van der Waals surface area contributed by atoms with Crippen LogP contribution >= 0.6 is 0 Å². The first-order chi connectivity index (χ1) is 9.36. The Labute approximate surface area is 112 Å². The minimum Gasteiger partial charge on any atom is -0.393 e. The Morgan fingerprint density at radius 3 is 3.11 bits per heavy atom. The predicted octanol–water partition coefficient (Wildman–Crippen LogP) is 1.42. The monoisotopic (exact) mass is 255 g/mol. The SMILES string of the molecule is OC1CCNCC1C1c2ccccc2-c2cncn21. The molecule has 0 saturated carbocycles. The third-order valence-electron chi connectivity index (χ3n) is 4.42. The van der Waals surface area contributed by atoms with Gasteiger partial charge in [0.1, 0.15) is 0 Å². The van der Waals surface area contributed by atoms with Gasteiger partial charge in [0.15, 0.2) is 0 Å². The number of imidazole rings is 1. The highest BCUT2D eigenvalue weighted by molar-refractivity contribution is 5.69. The number of aromatic nitrogens is 2. The summed E-state index contributed by atoms with van der Waals surface area (Å²) in [5, 5.41) is 13.7. The topological polar surface area (TPSA) is 50.1 Å². The Bertz CT molecular complexity index is 607. The molecule has 0 radical (unpaired) electrons. The fraction of sp³-hybridized carbons (Fsp3) is 0.400. The molecule has 98 valence electrons. The molecule has 4 nitrogen and oxygen atoms in total. The van der Waals surface area contributed by atoms with Crippen molar-refractivity contribution < 1.29 is 5.11 Å². The Morgan fingerprint density at radius 2 is 2.21 bits per heavy atom. The molecular weight excluding hydrogens is 238 g/mol. The molecule has 4 rings (SSSR count). The third kappa shape index (κ3) is 1.57. The van der Waals surface area contributed by atoms with Crippen LogP contribution in [0.15, 0.2) is 36.8 Å². The maximum atomic E-state index is 10.3. The minimum atomic E-state index is -0.243. The van der Waals surface area contributed by atoms with Crippen LogP contribution in [0.2, 0.25) is 0 Å². The standard InChI is InChI=1S/C15H17N3O/c19-14-5-6-16-7-12(14)15-11-4-2-1-3-10(11)13-8-17-9-18(13)15/h1-4,8-9,12,14-16,19H,5-7H2. The maximum absolute atomic E-state index is 10.3. The molecule has 0 aliphatic carbocycles. The summed E-state index contributed by atoms with van der Waals surface area (Å²) in [6.07, 6.45) is 4.39. The van der Waals surface area contributed by atoms with E-state index in [1.165, 1.54) is 16.8 Å². The van der Waals surface area contributed by atoms with Crippen molar-refractivity contribution >= 4 is 0 Å². The van der Waals surface area contributed by atoms with E-state index in [-0.39, 0.29) is 18.1 Å². The number of hydrogen-bond acceptors (Lipinski definition) is 3. The van der Waals surface area contributed by atoms with Crippen molar-refractivity contribution in [2.24, 2.45) is 5.92 Å². The van der Waals surface area contributed by atoms with Gasteiger partial charge in [-0.05, 0) is 18.5 Å². The van der Waals surface area contributed by atoms with E-state index < -0.39 is 0 Å². The molecule has 1 saturated heterocycles. The van der Waals surface area contributed by atoms with Crippen LogP contribution in [0.4, 0.5) is 0 Å². The molecule has 3 heterocycles. The van der Waals surface area contributed by atoms with Gasteiger partial charge < -0.3 is 15.0 Å². The fourth-order valence-electron chi connectivity index (χ4n) is 3.50. The summed E-state index contributed by atoms with van der Waals surface area (Å²) in [6, 6.07) is 8.67. The second kappa shape index (κ2) is 4.18. The molecule has 0 spiro atoms. The number of nitrogens with one attached hydrogen (secondary N) is 1. The molecule has 2 aliphatic heterocycles. The summed E-state index contributed by atoms with van der Waals surface area (Å²) >= 11 is 0. The van der Waals surface area contributed by atoms with Gasteiger partial charge in [-0.3, -0.25) is 0 Å². The molecule has 2 N–H and O–H groups in total. The summed E-state index contributed by atoms with van der Waals surface area (Å²) in [5.74, 6) is 0.213.